The molecule has 0 saturated carbocycles. The molecule has 0 bridgehead atoms. The Labute approximate surface area is 113 Å². The topological polar surface area (TPSA) is 85.2 Å². The van der Waals surface area contributed by atoms with Crippen LogP contribution in [0.25, 0.3) is 0 Å². The molecule has 19 heavy (non-hydrogen) atoms. The van der Waals surface area contributed by atoms with Gasteiger partial charge in [0.2, 0.25) is 0 Å². The number of benzene rings is 1. The van der Waals surface area contributed by atoms with E-state index in [1.807, 2.05) is 13.8 Å². The highest BCUT2D eigenvalue weighted by atomic mass is 16.3. The predicted octanol–water partition coefficient (Wildman–Crippen LogP) is 1.89. The van der Waals surface area contributed by atoms with Gasteiger partial charge >= 0.3 is 6.03 Å². The molecular weight excluding hydrogens is 242 g/mol. The van der Waals surface area contributed by atoms with Crippen LogP contribution in [0, 0.1) is 17.2 Å². The zero-order valence-corrected chi connectivity index (χ0v) is 11.2. The zero-order chi connectivity index (χ0) is 14.3. The minimum atomic E-state index is -0.305. The zero-order valence-electron chi connectivity index (χ0n) is 11.2. The van der Waals surface area contributed by atoms with Crippen LogP contribution in [0.15, 0.2) is 24.3 Å². The van der Waals surface area contributed by atoms with Gasteiger partial charge in [0.15, 0.2) is 0 Å². The molecule has 5 heteroatoms. The van der Waals surface area contributed by atoms with Crippen LogP contribution < -0.4 is 10.6 Å². The number of carbonyl (C=O) groups excluding carboxylic acids is 1. The van der Waals surface area contributed by atoms with Gasteiger partial charge in [0.05, 0.1) is 12.5 Å². The molecule has 0 aromatic heterocycles. The summed E-state index contributed by atoms with van der Waals surface area (Å²) in [6, 6.07) is 8.77. The number of nitrogens with one attached hydrogen (secondary N) is 2. The number of hydrogen-bond donors (Lipinski definition) is 3. The Bertz CT molecular complexity index is 451. The fraction of sp³-hybridized carbons (Fsp3) is 0.429. The maximum atomic E-state index is 11.7. The van der Waals surface area contributed by atoms with E-state index in [1.54, 1.807) is 24.3 Å². The largest absolute Gasteiger partial charge is 0.396 e. The first-order chi connectivity index (χ1) is 9.06. The van der Waals surface area contributed by atoms with Crippen molar-refractivity contribution in [2.45, 2.75) is 26.3 Å². The third kappa shape index (κ3) is 4.98. The maximum Gasteiger partial charge on any atom is 0.319 e. The van der Waals surface area contributed by atoms with Crippen molar-refractivity contribution in [2.75, 3.05) is 11.9 Å². The van der Waals surface area contributed by atoms with E-state index in [9.17, 15) is 4.79 Å². The van der Waals surface area contributed by atoms with E-state index in [0.717, 1.165) is 5.56 Å². The molecule has 0 aliphatic carbocycles. The number of amides is 2. The van der Waals surface area contributed by atoms with E-state index in [2.05, 4.69) is 16.7 Å². The standard InChI is InChI=1S/C14H19N3O2/c1-10(9-18)11(2)16-14(19)17-13-5-3-12(4-6-13)7-8-15/h3-6,10-11,18H,7,9H2,1-2H3,(H2,16,17,19). The van der Waals surface area contributed by atoms with Crippen LogP contribution in [0.5, 0.6) is 0 Å². The number of anilines is 1. The molecule has 102 valence electrons. The number of aliphatic hydroxyl groups excluding tert-OH is 1. The second kappa shape index (κ2) is 7.39. The van der Waals surface area contributed by atoms with E-state index in [4.69, 9.17) is 10.4 Å². The molecule has 1 aromatic carbocycles. The fourth-order valence-electron chi connectivity index (χ4n) is 1.47. The lowest BCUT2D eigenvalue weighted by atomic mass is 10.1. The smallest absolute Gasteiger partial charge is 0.319 e. The second-order valence-corrected chi connectivity index (χ2v) is 4.58. The Morgan fingerprint density at radius 2 is 2.00 bits per heavy atom. The molecule has 1 aromatic rings. The summed E-state index contributed by atoms with van der Waals surface area (Å²) in [7, 11) is 0. The number of carbonyl (C=O) groups is 1. The lowest BCUT2D eigenvalue weighted by Gasteiger charge is -2.19. The molecule has 2 unspecified atom stereocenters. The summed E-state index contributed by atoms with van der Waals surface area (Å²) in [5.41, 5.74) is 1.58. The summed E-state index contributed by atoms with van der Waals surface area (Å²) in [5.74, 6) is 0.00348. The van der Waals surface area contributed by atoms with E-state index >= 15 is 0 Å². The van der Waals surface area contributed by atoms with Gasteiger partial charge in [-0.05, 0) is 30.5 Å². The number of nitrogens with zero attached hydrogens (tertiary/aromatic N) is 1. The van der Waals surface area contributed by atoms with Crippen LogP contribution in [-0.2, 0) is 6.42 Å². The minimum Gasteiger partial charge on any atom is -0.396 e. The Morgan fingerprint density at radius 3 is 2.53 bits per heavy atom. The number of urea groups is 1. The van der Waals surface area contributed by atoms with E-state index in [-0.39, 0.29) is 24.6 Å². The molecule has 5 nitrogen and oxygen atoms in total. The van der Waals surface area contributed by atoms with Gasteiger partial charge in [-0.2, -0.15) is 5.26 Å². The van der Waals surface area contributed by atoms with Crippen molar-refractivity contribution in [2.24, 2.45) is 5.92 Å². The molecule has 0 radical (unpaired) electrons. The molecule has 3 N–H and O–H groups in total. The van der Waals surface area contributed by atoms with Gasteiger partial charge in [-0.3, -0.25) is 0 Å². The molecule has 0 heterocycles. The van der Waals surface area contributed by atoms with E-state index in [0.29, 0.717) is 12.1 Å². The predicted molar refractivity (Wildman–Crippen MR) is 73.6 cm³/mol. The highest BCUT2D eigenvalue weighted by Crippen LogP contribution is 2.10. The first kappa shape index (κ1) is 15.0. The number of hydrogen-bond acceptors (Lipinski definition) is 3. The van der Waals surface area contributed by atoms with Gasteiger partial charge in [0.1, 0.15) is 0 Å². The van der Waals surface area contributed by atoms with Crippen LogP contribution in [-0.4, -0.2) is 23.8 Å². The summed E-state index contributed by atoms with van der Waals surface area (Å²) < 4.78 is 0. The molecule has 0 spiro atoms. The Balaban J connectivity index is 2.50. The summed E-state index contributed by atoms with van der Waals surface area (Å²) in [5, 5.41) is 23.0. The summed E-state index contributed by atoms with van der Waals surface area (Å²) in [6.45, 7) is 3.74. The monoisotopic (exact) mass is 261 g/mol. The summed E-state index contributed by atoms with van der Waals surface area (Å²) in [6.07, 6.45) is 0.359. The van der Waals surface area contributed by atoms with Gasteiger partial charge in [-0.1, -0.05) is 19.1 Å². The molecule has 0 aliphatic heterocycles. The summed E-state index contributed by atoms with van der Waals surface area (Å²) >= 11 is 0. The third-order valence-electron chi connectivity index (χ3n) is 3.00. The van der Waals surface area contributed by atoms with Crippen LogP contribution in [0.4, 0.5) is 10.5 Å². The number of rotatable bonds is 5. The highest BCUT2D eigenvalue weighted by Gasteiger charge is 2.13. The highest BCUT2D eigenvalue weighted by molar-refractivity contribution is 5.89. The average molecular weight is 261 g/mol. The molecule has 0 fully saturated rings. The normalized spacial score (nSPS) is 13.2. The van der Waals surface area contributed by atoms with Gasteiger partial charge in [-0.25, -0.2) is 4.79 Å². The molecular formula is C14H19N3O2. The Morgan fingerprint density at radius 1 is 1.37 bits per heavy atom. The van der Waals surface area contributed by atoms with Crippen molar-refractivity contribution in [3.8, 4) is 6.07 Å². The second-order valence-electron chi connectivity index (χ2n) is 4.58. The van der Waals surface area contributed by atoms with Crippen molar-refractivity contribution >= 4 is 11.7 Å². The quantitative estimate of drug-likeness (QED) is 0.756. The van der Waals surface area contributed by atoms with E-state index < -0.39 is 0 Å². The Hall–Kier alpha value is -2.06. The van der Waals surface area contributed by atoms with Gasteiger partial charge in [-0.15, -0.1) is 0 Å². The van der Waals surface area contributed by atoms with Gasteiger partial charge in [0, 0.05) is 18.3 Å². The van der Waals surface area contributed by atoms with Crippen LogP contribution >= 0.6 is 0 Å². The van der Waals surface area contributed by atoms with Crippen molar-refractivity contribution < 1.29 is 9.90 Å². The first-order valence-electron chi connectivity index (χ1n) is 6.21. The average Bonchev–Trinajstić information content (AvgIpc) is 2.40. The molecule has 1 rings (SSSR count). The van der Waals surface area contributed by atoms with Crippen LogP contribution in [0.1, 0.15) is 19.4 Å². The van der Waals surface area contributed by atoms with Crippen molar-refractivity contribution in [3.05, 3.63) is 29.8 Å². The molecule has 2 atom stereocenters. The number of nitriles is 1. The van der Waals surface area contributed by atoms with E-state index in [1.165, 1.54) is 0 Å². The van der Waals surface area contributed by atoms with Gasteiger partial charge < -0.3 is 15.7 Å². The summed E-state index contributed by atoms with van der Waals surface area (Å²) in [4.78, 5) is 11.7. The molecule has 0 aliphatic rings. The number of aliphatic hydroxyl groups is 1. The SMILES string of the molecule is CC(CO)C(C)NC(=O)Nc1ccc(CC#N)cc1. The molecule has 0 saturated heterocycles. The first-order valence-corrected chi connectivity index (χ1v) is 6.21. The van der Waals surface area contributed by atoms with Crippen LogP contribution in [0.3, 0.4) is 0 Å². The van der Waals surface area contributed by atoms with Gasteiger partial charge in [0.25, 0.3) is 0 Å². The third-order valence-corrected chi connectivity index (χ3v) is 3.00. The van der Waals surface area contributed by atoms with Crippen molar-refractivity contribution in [1.82, 2.24) is 5.32 Å². The van der Waals surface area contributed by atoms with Crippen molar-refractivity contribution in [1.29, 1.82) is 5.26 Å². The maximum absolute atomic E-state index is 11.7. The van der Waals surface area contributed by atoms with Crippen molar-refractivity contribution in [3.63, 3.8) is 0 Å². The minimum absolute atomic E-state index is 0.00348. The lowest BCUT2D eigenvalue weighted by molar-refractivity contribution is 0.204. The molecule has 2 amide bonds. The van der Waals surface area contributed by atoms with Crippen LogP contribution in [0.2, 0.25) is 0 Å². The lowest BCUT2D eigenvalue weighted by Crippen LogP contribution is -2.40. The fourth-order valence-corrected chi connectivity index (χ4v) is 1.47. The Kier molecular flexibility index (Phi) is 5.83.